The van der Waals surface area contributed by atoms with E-state index in [1.165, 1.54) is 0 Å². The second-order valence-corrected chi connectivity index (χ2v) is 7.17. The minimum atomic E-state index is 0.142. The van der Waals surface area contributed by atoms with Gasteiger partial charge in [0.1, 0.15) is 12.0 Å². The molecule has 0 aliphatic heterocycles. The Morgan fingerprint density at radius 2 is 2.00 bits per heavy atom. The Balaban J connectivity index is 1.57. The number of nitrogens with zero attached hydrogens (tertiary/aromatic N) is 6. The molecular formula is C20H21ClN6O2. The molecule has 0 aliphatic rings. The molecule has 1 N–H and O–H groups in total. The van der Waals surface area contributed by atoms with E-state index < -0.39 is 0 Å². The van der Waals surface area contributed by atoms with Gasteiger partial charge in [0.15, 0.2) is 18.1 Å². The van der Waals surface area contributed by atoms with Crippen LogP contribution in [0.1, 0.15) is 29.1 Å². The molecule has 4 rings (SSSR count). The molecule has 0 unspecified atom stereocenters. The van der Waals surface area contributed by atoms with E-state index in [4.69, 9.17) is 21.5 Å². The van der Waals surface area contributed by atoms with Crippen LogP contribution in [0, 0.1) is 13.8 Å². The van der Waals surface area contributed by atoms with Crippen LogP contribution in [0.4, 0.5) is 0 Å². The number of oxime groups is 1. The maximum absolute atomic E-state index is 9.17. The maximum atomic E-state index is 9.17. The third-order valence-corrected chi connectivity index (χ3v) is 5.12. The van der Waals surface area contributed by atoms with Crippen molar-refractivity contribution in [1.82, 2.24) is 24.1 Å². The number of fused-ring (bicyclic) bond motifs is 3. The highest BCUT2D eigenvalue weighted by molar-refractivity contribution is 6.30. The van der Waals surface area contributed by atoms with E-state index in [0.717, 1.165) is 33.5 Å². The van der Waals surface area contributed by atoms with E-state index in [9.17, 15) is 0 Å². The van der Waals surface area contributed by atoms with Gasteiger partial charge >= 0.3 is 0 Å². The molecule has 29 heavy (non-hydrogen) atoms. The predicted molar refractivity (Wildman–Crippen MR) is 111 cm³/mol. The Morgan fingerprint density at radius 3 is 2.76 bits per heavy atom. The van der Waals surface area contributed by atoms with Crippen LogP contribution < -0.4 is 0 Å². The Labute approximate surface area is 172 Å². The van der Waals surface area contributed by atoms with Gasteiger partial charge in [0.2, 0.25) is 0 Å². The smallest absolute Gasteiger partial charge is 0.192 e. The quantitative estimate of drug-likeness (QED) is 0.371. The number of aliphatic hydroxyl groups excluding tert-OH is 1. The number of aryl methyl sites for hydroxylation is 2. The lowest BCUT2D eigenvalue weighted by atomic mass is 10.2. The van der Waals surface area contributed by atoms with Crippen molar-refractivity contribution in [3.05, 3.63) is 58.3 Å². The first-order valence-electron chi connectivity index (χ1n) is 9.30. The van der Waals surface area contributed by atoms with Gasteiger partial charge in [0.25, 0.3) is 0 Å². The number of hydrogen-bond acceptors (Lipinski definition) is 6. The van der Waals surface area contributed by atoms with Crippen LogP contribution in [-0.2, 0) is 18.0 Å². The summed E-state index contributed by atoms with van der Waals surface area (Å²) in [6.45, 7) is 5.10. The minimum absolute atomic E-state index is 0.142. The number of hydrogen-bond donors (Lipinski definition) is 1. The molecule has 0 saturated heterocycles. The predicted octanol–water partition coefficient (Wildman–Crippen LogP) is 3.28. The van der Waals surface area contributed by atoms with Gasteiger partial charge in [0.05, 0.1) is 11.6 Å². The highest BCUT2D eigenvalue weighted by Crippen LogP contribution is 2.27. The van der Waals surface area contributed by atoms with Crippen molar-refractivity contribution in [3.8, 4) is 0 Å². The molecule has 9 heteroatoms. The molecule has 0 saturated carbocycles. The molecule has 0 fully saturated rings. The van der Waals surface area contributed by atoms with Crippen LogP contribution in [0.2, 0.25) is 5.02 Å². The molecule has 150 valence electrons. The molecule has 0 spiro atoms. The number of aliphatic hydroxyl groups is 1. The summed E-state index contributed by atoms with van der Waals surface area (Å²) >= 11 is 5.87. The fraction of sp³-hybridized carbons (Fsp3) is 0.300. The topological polar surface area (TPSA) is 89.8 Å². The summed E-state index contributed by atoms with van der Waals surface area (Å²) in [6, 6.07) is 7.30. The summed E-state index contributed by atoms with van der Waals surface area (Å²) in [5, 5.41) is 19.2. The zero-order valence-electron chi connectivity index (χ0n) is 16.2. The van der Waals surface area contributed by atoms with Crippen molar-refractivity contribution in [1.29, 1.82) is 0 Å². The molecule has 4 aromatic rings. The van der Waals surface area contributed by atoms with Gasteiger partial charge in [-0.25, -0.2) is 14.5 Å². The lowest BCUT2D eigenvalue weighted by Gasteiger charge is -2.05. The lowest BCUT2D eigenvalue weighted by Crippen LogP contribution is -2.03. The molecule has 0 bridgehead atoms. The Kier molecular flexibility index (Phi) is 5.46. The third-order valence-electron chi connectivity index (χ3n) is 4.87. The number of rotatable bonds is 7. The third kappa shape index (κ3) is 3.81. The van der Waals surface area contributed by atoms with E-state index in [-0.39, 0.29) is 13.2 Å². The summed E-state index contributed by atoms with van der Waals surface area (Å²) in [5.41, 5.74) is 4.69. The standard InChI is InChI=1S/C20H21ClN6O2/c1-13-14(2)26(8-3-9-28)19-18(13)20-24-17(25-27(20)12-22-19)11-29-23-10-15-4-6-16(21)7-5-15/h4-7,10,12,28H,3,8-9,11H2,1-2H3/b23-10+. The molecule has 1 aromatic carbocycles. The summed E-state index contributed by atoms with van der Waals surface area (Å²) in [5.74, 6) is 0.521. The first-order valence-corrected chi connectivity index (χ1v) is 9.67. The Bertz CT molecular complexity index is 1180. The molecule has 0 radical (unpaired) electrons. The van der Waals surface area contributed by atoms with Crippen LogP contribution in [0.5, 0.6) is 0 Å². The average molecular weight is 413 g/mol. The number of halogens is 1. The second-order valence-electron chi connectivity index (χ2n) is 6.74. The van der Waals surface area contributed by atoms with Crippen molar-refractivity contribution in [2.45, 2.75) is 33.4 Å². The maximum Gasteiger partial charge on any atom is 0.192 e. The van der Waals surface area contributed by atoms with Crippen LogP contribution in [0.3, 0.4) is 0 Å². The highest BCUT2D eigenvalue weighted by Gasteiger charge is 2.17. The molecular weight excluding hydrogens is 392 g/mol. The fourth-order valence-corrected chi connectivity index (χ4v) is 3.41. The van der Waals surface area contributed by atoms with Gasteiger partial charge < -0.3 is 14.5 Å². The summed E-state index contributed by atoms with van der Waals surface area (Å²) in [6.07, 6.45) is 3.94. The van der Waals surface area contributed by atoms with Crippen LogP contribution >= 0.6 is 11.6 Å². The zero-order valence-corrected chi connectivity index (χ0v) is 17.0. The van der Waals surface area contributed by atoms with E-state index >= 15 is 0 Å². The zero-order chi connectivity index (χ0) is 20.4. The first kappa shape index (κ1) is 19.4. The van der Waals surface area contributed by atoms with Gasteiger partial charge in [-0.2, -0.15) is 0 Å². The van der Waals surface area contributed by atoms with Gasteiger partial charge in [-0.15, -0.1) is 5.10 Å². The number of benzene rings is 1. The van der Waals surface area contributed by atoms with Gasteiger partial charge in [-0.3, -0.25) is 0 Å². The van der Waals surface area contributed by atoms with E-state index in [0.29, 0.717) is 23.8 Å². The average Bonchev–Trinajstić information content (AvgIpc) is 3.24. The molecule has 3 heterocycles. The van der Waals surface area contributed by atoms with Crippen LogP contribution in [-0.4, -0.2) is 42.1 Å². The van der Waals surface area contributed by atoms with E-state index in [2.05, 4.69) is 38.6 Å². The van der Waals surface area contributed by atoms with Gasteiger partial charge in [-0.05, 0) is 43.5 Å². The van der Waals surface area contributed by atoms with Crippen molar-refractivity contribution in [2.75, 3.05) is 6.61 Å². The largest absolute Gasteiger partial charge is 0.396 e. The van der Waals surface area contributed by atoms with Crippen molar-refractivity contribution >= 4 is 34.5 Å². The monoisotopic (exact) mass is 412 g/mol. The van der Waals surface area contributed by atoms with Gasteiger partial charge in [0, 0.05) is 23.9 Å². The summed E-state index contributed by atoms with van der Waals surface area (Å²) in [7, 11) is 0. The summed E-state index contributed by atoms with van der Waals surface area (Å²) < 4.78 is 3.77. The second kappa shape index (κ2) is 8.18. The van der Waals surface area contributed by atoms with Crippen molar-refractivity contribution < 1.29 is 9.94 Å². The summed E-state index contributed by atoms with van der Waals surface area (Å²) in [4.78, 5) is 14.5. The van der Waals surface area contributed by atoms with Crippen molar-refractivity contribution in [3.63, 3.8) is 0 Å². The lowest BCUT2D eigenvalue weighted by molar-refractivity contribution is 0.126. The Morgan fingerprint density at radius 1 is 1.21 bits per heavy atom. The normalized spacial score (nSPS) is 11.9. The van der Waals surface area contributed by atoms with Gasteiger partial charge in [-0.1, -0.05) is 28.9 Å². The van der Waals surface area contributed by atoms with Crippen LogP contribution in [0.25, 0.3) is 16.7 Å². The SMILES string of the molecule is Cc1c(C)n(CCCO)c2ncn3nc(CO/N=C/c4ccc(Cl)cc4)nc3c12. The van der Waals surface area contributed by atoms with Crippen LogP contribution in [0.15, 0.2) is 35.7 Å². The molecule has 0 aliphatic carbocycles. The molecule has 0 atom stereocenters. The molecule has 8 nitrogen and oxygen atoms in total. The fourth-order valence-electron chi connectivity index (χ4n) is 3.28. The minimum Gasteiger partial charge on any atom is -0.396 e. The molecule has 3 aromatic heterocycles. The highest BCUT2D eigenvalue weighted by atomic mass is 35.5. The Hall–Kier alpha value is -2.97. The first-order chi connectivity index (χ1) is 14.1. The van der Waals surface area contributed by atoms with E-state index in [1.54, 1.807) is 29.2 Å². The van der Waals surface area contributed by atoms with E-state index in [1.807, 2.05) is 12.1 Å². The van der Waals surface area contributed by atoms with Crippen molar-refractivity contribution in [2.24, 2.45) is 5.16 Å². The molecule has 0 amide bonds. The number of aromatic nitrogens is 5.